The average Bonchev–Trinajstić information content (AvgIpc) is 3.02. The third-order valence-corrected chi connectivity index (χ3v) is 4.54. The van der Waals surface area contributed by atoms with Crippen molar-refractivity contribution in [1.82, 2.24) is 10.3 Å². The van der Waals surface area contributed by atoms with E-state index in [4.69, 9.17) is 4.74 Å². The van der Waals surface area contributed by atoms with E-state index < -0.39 is 0 Å². The normalized spacial score (nSPS) is 26.3. The number of nitrogens with one attached hydrogen (secondary N) is 1. The molecular weight excluding hydrogens is 262 g/mol. The van der Waals surface area contributed by atoms with E-state index in [0.29, 0.717) is 6.04 Å². The number of ether oxygens (including phenoxy) is 1. The van der Waals surface area contributed by atoms with E-state index >= 15 is 0 Å². The van der Waals surface area contributed by atoms with Gasteiger partial charge in [0.1, 0.15) is 0 Å². The summed E-state index contributed by atoms with van der Waals surface area (Å²) in [7, 11) is 0. The predicted molar refractivity (Wildman–Crippen MR) is 86.0 cm³/mol. The summed E-state index contributed by atoms with van der Waals surface area (Å²) in [4.78, 5) is 7.02. The molecule has 2 fully saturated rings. The Morgan fingerprint density at radius 2 is 2.24 bits per heavy atom. The molecule has 0 aliphatic carbocycles. The fourth-order valence-electron chi connectivity index (χ4n) is 3.61. The molecule has 1 aromatic rings. The number of anilines is 1. The fourth-order valence-corrected chi connectivity index (χ4v) is 3.61. The van der Waals surface area contributed by atoms with Crippen LogP contribution in [0.1, 0.15) is 39.5 Å². The summed E-state index contributed by atoms with van der Waals surface area (Å²) in [5.41, 5.74) is 0. The van der Waals surface area contributed by atoms with Crippen LogP contribution >= 0.6 is 0 Å². The van der Waals surface area contributed by atoms with Crippen molar-refractivity contribution >= 4 is 5.82 Å². The molecule has 2 unspecified atom stereocenters. The number of nitrogens with zero attached hydrogens (tertiary/aromatic N) is 2. The minimum Gasteiger partial charge on any atom is -0.487 e. The van der Waals surface area contributed by atoms with Crippen LogP contribution in [0.3, 0.4) is 0 Å². The van der Waals surface area contributed by atoms with Crippen molar-refractivity contribution in [1.29, 1.82) is 0 Å². The van der Waals surface area contributed by atoms with Gasteiger partial charge in [-0.15, -0.1) is 0 Å². The first kappa shape index (κ1) is 14.6. The highest BCUT2D eigenvalue weighted by Gasteiger charge is 2.30. The molecule has 0 radical (unpaired) electrons. The van der Waals surface area contributed by atoms with Gasteiger partial charge in [0, 0.05) is 25.3 Å². The second kappa shape index (κ2) is 6.65. The lowest BCUT2D eigenvalue weighted by molar-refractivity contribution is 0.240. The van der Waals surface area contributed by atoms with Gasteiger partial charge in [0.2, 0.25) is 0 Å². The lowest BCUT2D eigenvalue weighted by atomic mass is 9.90. The molecule has 0 saturated carbocycles. The summed E-state index contributed by atoms with van der Waals surface area (Å²) in [6.45, 7) is 7.51. The molecule has 2 atom stereocenters. The largest absolute Gasteiger partial charge is 0.487 e. The average molecular weight is 289 g/mol. The van der Waals surface area contributed by atoms with Gasteiger partial charge in [0.15, 0.2) is 11.6 Å². The van der Waals surface area contributed by atoms with E-state index in [1.165, 1.54) is 32.2 Å². The molecule has 4 heteroatoms. The summed E-state index contributed by atoms with van der Waals surface area (Å²) in [5, 5.41) is 3.67. The highest BCUT2D eigenvalue weighted by Crippen LogP contribution is 2.32. The van der Waals surface area contributed by atoms with Crippen LogP contribution in [0.25, 0.3) is 0 Å². The Morgan fingerprint density at radius 1 is 1.33 bits per heavy atom. The quantitative estimate of drug-likeness (QED) is 0.925. The minimum atomic E-state index is 0.185. The van der Waals surface area contributed by atoms with Crippen molar-refractivity contribution in [2.45, 2.75) is 51.7 Å². The van der Waals surface area contributed by atoms with Gasteiger partial charge in [-0.1, -0.05) is 0 Å². The molecule has 1 aromatic heterocycles. The molecule has 2 saturated heterocycles. The van der Waals surface area contributed by atoms with Crippen molar-refractivity contribution in [3.63, 3.8) is 0 Å². The number of aromatic nitrogens is 1. The van der Waals surface area contributed by atoms with Crippen LogP contribution in [0.15, 0.2) is 18.3 Å². The van der Waals surface area contributed by atoms with E-state index in [-0.39, 0.29) is 6.10 Å². The Morgan fingerprint density at radius 3 is 3.00 bits per heavy atom. The maximum Gasteiger partial charge on any atom is 0.171 e. The van der Waals surface area contributed by atoms with Crippen molar-refractivity contribution in [3.05, 3.63) is 18.3 Å². The van der Waals surface area contributed by atoms with Crippen LogP contribution in [-0.2, 0) is 0 Å². The Balaban J connectivity index is 1.73. The maximum atomic E-state index is 5.94. The monoisotopic (exact) mass is 289 g/mol. The van der Waals surface area contributed by atoms with E-state index in [9.17, 15) is 0 Å². The summed E-state index contributed by atoms with van der Waals surface area (Å²) in [6.07, 6.45) is 7.30. The third kappa shape index (κ3) is 3.49. The maximum absolute atomic E-state index is 5.94. The number of hydrogen-bond acceptors (Lipinski definition) is 4. The zero-order valence-electron chi connectivity index (χ0n) is 13.2. The molecule has 21 heavy (non-hydrogen) atoms. The summed E-state index contributed by atoms with van der Waals surface area (Å²) in [5.74, 6) is 2.69. The Kier molecular flexibility index (Phi) is 4.63. The first-order chi connectivity index (χ1) is 10.2. The highest BCUT2D eigenvalue weighted by molar-refractivity contribution is 5.52. The van der Waals surface area contributed by atoms with E-state index in [1.54, 1.807) is 0 Å². The molecule has 2 aliphatic heterocycles. The molecule has 0 amide bonds. The fraction of sp³-hybridized carbons (Fsp3) is 0.706. The van der Waals surface area contributed by atoms with Crippen molar-refractivity contribution in [2.75, 3.05) is 24.5 Å². The number of hydrogen-bond donors (Lipinski definition) is 1. The Labute approximate surface area is 127 Å². The zero-order valence-corrected chi connectivity index (χ0v) is 13.2. The van der Waals surface area contributed by atoms with Crippen LogP contribution in [0.4, 0.5) is 5.82 Å². The standard InChI is InChI=1S/C17H27N3O/c1-13(2)21-16-8-4-10-19-17(16)20-11-5-6-14(12-20)15-7-3-9-18-15/h4,8,10,13-15,18H,3,5-7,9,11-12H2,1-2H3. The van der Waals surface area contributed by atoms with Gasteiger partial charge in [0.25, 0.3) is 0 Å². The van der Waals surface area contributed by atoms with Gasteiger partial charge in [0.05, 0.1) is 6.10 Å². The van der Waals surface area contributed by atoms with Crippen LogP contribution in [0.5, 0.6) is 5.75 Å². The second-order valence-corrected chi connectivity index (χ2v) is 6.54. The molecule has 0 spiro atoms. The van der Waals surface area contributed by atoms with E-state index in [0.717, 1.165) is 30.6 Å². The lowest BCUT2D eigenvalue weighted by Gasteiger charge is -2.37. The zero-order chi connectivity index (χ0) is 14.7. The summed E-state index contributed by atoms with van der Waals surface area (Å²) in [6, 6.07) is 4.70. The van der Waals surface area contributed by atoms with Crippen molar-refractivity contribution < 1.29 is 4.74 Å². The highest BCUT2D eigenvalue weighted by atomic mass is 16.5. The third-order valence-electron chi connectivity index (χ3n) is 4.54. The predicted octanol–water partition coefficient (Wildman–Crippen LogP) is 2.84. The molecule has 2 aliphatic rings. The Bertz CT molecular complexity index is 457. The van der Waals surface area contributed by atoms with Gasteiger partial charge >= 0.3 is 0 Å². The number of rotatable bonds is 4. The van der Waals surface area contributed by atoms with Crippen LogP contribution in [0, 0.1) is 5.92 Å². The van der Waals surface area contributed by atoms with Crippen LogP contribution in [0.2, 0.25) is 0 Å². The molecular formula is C17H27N3O. The SMILES string of the molecule is CC(C)Oc1cccnc1N1CCCC(C2CCCN2)C1. The smallest absolute Gasteiger partial charge is 0.171 e. The number of piperidine rings is 1. The molecule has 0 bridgehead atoms. The van der Waals surface area contributed by atoms with E-state index in [2.05, 4.69) is 29.0 Å². The first-order valence-electron chi connectivity index (χ1n) is 8.34. The van der Waals surface area contributed by atoms with Crippen molar-refractivity contribution in [2.24, 2.45) is 5.92 Å². The van der Waals surface area contributed by atoms with Gasteiger partial charge < -0.3 is 15.0 Å². The molecule has 3 heterocycles. The van der Waals surface area contributed by atoms with Gasteiger partial charge in [-0.05, 0) is 64.1 Å². The molecule has 0 aromatic carbocycles. The lowest BCUT2D eigenvalue weighted by Crippen LogP contribution is -2.44. The summed E-state index contributed by atoms with van der Waals surface area (Å²) >= 11 is 0. The molecule has 1 N–H and O–H groups in total. The Hall–Kier alpha value is -1.29. The van der Waals surface area contributed by atoms with Gasteiger partial charge in [-0.25, -0.2) is 4.98 Å². The summed E-state index contributed by atoms with van der Waals surface area (Å²) < 4.78 is 5.94. The van der Waals surface area contributed by atoms with Crippen molar-refractivity contribution in [3.8, 4) is 5.75 Å². The van der Waals surface area contributed by atoms with Crippen LogP contribution in [-0.4, -0.2) is 36.8 Å². The topological polar surface area (TPSA) is 37.4 Å². The molecule has 116 valence electrons. The second-order valence-electron chi connectivity index (χ2n) is 6.54. The van der Waals surface area contributed by atoms with Gasteiger partial charge in [-0.3, -0.25) is 0 Å². The number of pyridine rings is 1. The van der Waals surface area contributed by atoms with E-state index in [1.807, 2.05) is 18.3 Å². The molecule has 4 nitrogen and oxygen atoms in total. The molecule has 3 rings (SSSR count). The minimum absolute atomic E-state index is 0.185. The first-order valence-corrected chi connectivity index (χ1v) is 8.34. The van der Waals surface area contributed by atoms with Crippen LogP contribution < -0.4 is 15.0 Å². The van der Waals surface area contributed by atoms with Gasteiger partial charge in [-0.2, -0.15) is 0 Å².